The molecule has 4 heteroatoms. The molecule has 0 spiro atoms. The first-order valence-corrected chi connectivity index (χ1v) is 9.39. The molecule has 0 aliphatic rings. The summed E-state index contributed by atoms with van der Waals surface area (Å²) in [5.74, 6) is 1.00. The van der Waals surface area contributed by atoms with Gasteiger partial charge < -0.3 is 4.98 Å². The number of benzene rings is 3. The predicted octanol–water partition coefficient (Wildman–Crippen LogP) is 6.25. The van der Waals surface area contributed by atoms with Gasteiger partial charge in [0.1, 0.15) is 5.82 Å². The van der Waals surface area contributed by atoms with Gasteiger partial charge >= 0.3 is 0 Å². The highest BCUT2D eigenvalue weighted by Gasteiger charge is 2.09. The van der Waals surface area contributed by atoms with E-state index in [1.165, 1.54) is 11.1 Å². The monoisotopic (exact) mass is 380 g/mol. The molecule has 0 aliphatic heterocycles. The maximum Gasteiger partial charge on any atom is 0.107 e. The maximum absolute atomic E-state index is 6.32. The molecule has 26 heavy (non-hydrogen) atoms. The fraction of sp³-hybridized carbons (Fsp3) is 0.136. The molecular formula is C22H18Cl2N2. The van der Waals surface area contributed by atoms with Gasteiger partial charge in [-0.15, -0.1) is 0 Å². The molecule has 3 aromatic carbocycles. The third kappa shape index (κ3) is 3.77. The highest BCUT2D eigenvalue weighted by molar-refractivity contribution is 6.31. The zero-order valence-electron chi connectivity index (χ0n) is 14.2. The van der Waals surface area contributed by atoms with E-state index in [0.717, 1.165) is 51.7 Å². The van der Waals surface area contributed by atoms with Crippen molar-refractivity contribution in [2.24, 2.45) is 0 Å². The molecule has 0 unspecified atom stereocenters. The predicted molar refractivity (Wildman–Crippen MR) is 109 cm³/mol. The van der Waals surface area contributed by atoms with Crippen LogP contribution in [0.5, 0.6) is 0 Å². The summed E-state index contributed by atoms with van der Waals surface area (Å²) in [5.41, 5.74) is 5.65. The second-order valence-electron chi connectivity index (χ2n) is 6.39. The number of nitrogens with one attached hydrogen (secondary N) is 1. The molecule has 2 nitrogen and oxygen atoms in total. The van der Waals surface area contributed by atoms with Crippen LogP contribution in [0.15, 0.2) is 66.7 Å². The summed E-state index contributed by atoms with van der Waals surface area (Å²) >= 11 is 12.3. The van der Waals surface area contributed by atoms with E-state index in [9.17, 15) is 0 Å². The van der Waals surface area contributed by atoms with Gasteiger partial charge in [-0.2, -0.15) is 0 Å². The normalized spacial score (nSPS) is 11.2. The lowest BCUT2D eigenvalue weighted by Gasteiger charge is -2.05. The van der Waals surface area contributed by atoms with Crippen LogP contribution in [0.4, 0.5) is 0 Å². The van der Waals surface area contributed by atoms with Gasteiger partial charge in [0.25, 0.3) is 0 Å². The van der Waals surface area contributed by atoms with Crippen molar-refractivity contribution in [3.63, 3.8) is 0 Å². The number of aryl methyl sites for hydroxylation is 2. The van der Waals surface area contributed by atoms with E-state index in [0.29, 0.717) is 0 Å². The number of aromatic amines is 1. The van der Waals surface area contributed by atoms with Crippen LogP contribution in [-0.4, -0.2) is 9.97 Å². The summed E-state index contributed by atoms with van der Waals surface area (Å²) in [7, 11) is 0. The van der Waals surface area contributed by atoms with Crippen LogP contribution >= 0.6 is 23.2 Å². The number of fused-ring (bicyclic) bond motifs is 1. The molecule has 0 aliphatic carbocycles. The first kappa shape index (κ1) is 17.1. The number of H-pyrrole nitrogens is 1. The molecule has 130 valence electrons. The van der Waals surface area contributed by atoms with Crippen LogP contribution in [0.2, 0.25) is 10.0 Å². The molecule has 0 bridgehead atoms. The van der Waals surface area contributed by atoms with Gasteiger partial charge in [-0.25, -0.2) is 4.98 Å². The minimum absolute atomic E-state index is 0.765. The van der Waals surface area contributed by atoms with Crippen molar-refractivity contribution >= 4 is 34.2 Å². The summed E-state index contributed by atoms with van der Waals surface area (Å²) in [5, 5.41) is 1.56. The van der Waals surface area contributed by atoms with Gasteiger partial charge in [0.2, 0.25) is 0 Å². The number of rotatable bonds is 5. The van der Waals surface area contributed by atoms with Crippen LogP contribution in [-0.2, 0) is 19.3 Å². The first-order valence-electron chi connectivity index (χ1n) is 8.63. The Labute approximate surface area is 162 Å². The number of halogens is 2. The SMILES string of the molecule is Clc1ccc(CCc2nc3c(Cc4ccccc4Cl)cccc3[nH]2)cc1. The Kier molecular flexibility index (Phi) is 4.96. The number of aromatic nitrogens is 2. The highest BCUT2D eigenvalue weighted by atomic mass is 35.5. The molecule has 1 N–H and O–H groups in total. The van der Waals surface area contributed by atoms with Crippen LogP contribution in [0.25, 0.3) is 11.0 Å². The summed E-state index contributed by atoms with van der Waals surface area (Å²) in [6, 6.07) is 22.2. The Bertz CT molecular complexity index is 1040. The van der Waals surface area contributed by atoms with E-state index in [1.54, 1.807) is 0 Å². The maximum atomic E-state index is 6.32. The van der Waals surface area contributed by atoms with Crippen LogP contribution < -0.4 is 0 Å². The van der Waals surface area contributed by atoms with Crippen molar-refractivity contribution in [1.29, 1.82) is 0 Å². The van der Waals surface area contributed by atoms with E-state index in [-0.39, 0.29) is 0 Å². The Morgan fingerprint density at radius 1 is 0.769 bits per heavy atom. The molecule has 4 aromatic rings. The average Bonchev–Trinajstić information content (AvgIpc) is 3.07. The van der Waals surface area contributed by atoms with Gasteiger partial charge in [-0.3, -0.25) is 0 Å². The van der Waals surface area contributed by atoms with Gasteiger partial charge in [0.05, 0.1) is 11.0 Å². The number of nitrogens with zero attached hydrogens (tertiary/aromatic N) is 1. The van der Waals surface area contributed by atoms with Crippen molar-refractivity contribution < 1.29 is 0 Å². The topological polar surface area (TPSA) is 28.7 Å². The van der Waals surface area contributed by atoms with Gasteiger partial charge in [-0.1, -0.05) is 65.7 Å². The Morgan fingerprint density at radius 3 is 2.35 bits per heavy atom. The molecule has 1 aromatic heterocycles. The van der Waals surface area contributed by atoms with E-state index in [2.05, 4.69) is 41.4 Å². The molecule has 0 saturated carbocycles. The lowest BCUT2D eigenvalue weighted by Crippen LogP contribution is -1.93. The molecule has 1 heterocycles. The molecule has 0 radical (unpaired) electrons. The third-order valence-corrected chi connectivity index (χ3v) is 5.17. The zero-order valence-corrected chi connectivity index (χ0v) is 15.7. The van der Waals surface area contributed by atoms with Crippen LogP contribution in [0, 0.1) is 0 Å². The molecule has 0 atom stereocenters. The molecule has 0 amide bonds. The second-order valence-corrected chi connectivity index (χ2v) is 7.24. The van der Waals surface area contributed by atoms with Crippen LogP contribution in [0.1, 0.15) is 22.5 Å². The van der Waals surface area contributed by atoms with Crippen molar-refractivity contribution in [3.05, 3.63) is 99.3 Å². The van der Waals surface area contributed by atoms with Crippen molar-refractivity contribution in [3.8, 4) is 0 Å². The van der Waals surface area contributed by atoms with Gasteiger partial charge in [0, 0.05) is 22.9 Å². The minimum Gasteiger partial charge on any atom is -0.342 e. The van der Waals surface area contributed by atoms with E-state index < -0.39 is 0 Å². The number of hydrogen-bond donors (Lipinski definition) is 1. The summed E-state index contributed by atoms with van der Waals surface area (Å²) in [6.07, 6.45) is 2.57. The second kappa shape index (κ2) is 7.53. The summed E-state index contributed by atoms with van der Waals surface area (Å²) in [4.78, 5) is 8.29. The Balaban J connectivity index is 1.57. The Morgan fingerprint density at radius 2 is 1.54 bits per heavy atom. The number of para-hydroxylation sites is 1. The minimum atomic E-state index is 0.765. The van der Waals surface area contributed by atoms with Crippen molar-refractivity contribution in [2.45, 2.75) is 19.3 Å². The lowest BCUT2D eigenvalue weighted by atomic mass is 10.0. The zero-order chi connectivity index (χ0) is 17.9. The summed E-state index contributed by atoms with van der Waals surface area (Å²) < 4.78 is 0. The first-order chi connectivity index (χ1) is 12.7. The van der Waals surface area contributed by atoms with E-state index >= 15 is 0 Å². The fourth-order valence-corrected chi connectivity index (χ4v) is 3.49. The number of hydrogen-bond acceptors (Lipinski definition) is 1. The van der Waals surface area contributed by atoms with E-state index in [1.807, 2.05) is 30.3 Å². The molecular weight excluding hydrogens is 363 g/mol. The van der Waals surface area contributed by atoms with Gasteiger partial charge in [-0.05, 0) is 47.4 Å². The quantitative estimate of drug-likeness (QED) is 0.435. The van der Waals surface area contributed by atoms with Crippen molar-refractivity contribution in [2.75, 3.05) is 0 Å². The van der Waals surface area contributed by atoms with E-state index in [4.69, 9.17) is 28.2 Å². The molecule has 0 fully saturated rings. The molecule has 0 saturated heterocycles. The molecule has 4 rings (SSSR count). The third-order valence-electron chi connectivity index (χ3n) is 4.55. The average molecular weight is 381 g/mol. The smallest absolute Gasteiger partial charge is 0.107 e. The fourth-order valence-electron chi connectivity index (χ4n) is 3.16. The highest BCUT2D eigenvalue weighted by Crippen LogP contribution is 2.24. The van der Waals surface area contributed by atoms with Crippen LogP contribution in [0.3, 0.4) is 0 Å². The summed E-state index contributed by atoms with van der Waals surface area (Å²) in [6.45, 7) is 0. The standard InChI is InChI=1S/C22H18Cl2N2/c23-18-11-8-15(9-12-18)10-13-21-25-20-7-3-5-17(22(20)26-21)14-16-4-1-2-6-19(16)24/h1-9,11-12H,10,13-14H2,(H,25,26). The lowest BCUT2D eigenvalue weighted by molar-refractivity contribution is 0.889. The van der Waals surface area contributed by atoms with Gasteiger partial charge in [0.15, 0.2) is 0 Å². The largest absolute Gasteiger partial charge is 0.342 e. The number of imidazole rings is 1. The Hall–Kier alpha value is -2.29. The van der Waals surface area contributed by atoms with Crippen molar-refractivity contribution in [1.82, 2.24) is 9.97 Å².